The summed E-state index contributed by atoms with van der Waals surface area (Å²) in [6.07, 6.45) is -6.71. The van der Waals surface area contributed by atoms with Crippen LogP contribution in [0.4, 0.5) is 13.2 Å². The van der Waals surface area contributed by atoms with Crippen LogP contribution in [0.15, 0.2) is 0 Å². The largest absolute Gasteiger partial charge is 0.469 e. The first-order valence-corrected chi connectivity index (χ1v) is 7.98. The molecule has 0 aromatic rings. The van der Waals surface area contributed by atoms with Crippen LogP contribution in [-0.2, 0) is 24.3 Å². The third-order valence-electron chi connectivity index (χ3n) is 2.98. The van der Waals surface area contributed by atoms with E-state index in [4.69, 9.17) is 4.74 Å². The molecule has 1 saturated heterocycles. The van der Waals surface area contributed by atoms with E-state index in [0.29, 0.717) is 0 Å². The highest BCUT2D eigenvalue weighted by Crippen LogP contribution is 2.22. The van der Waals surface area contributed by atoms with Gasteiger partial charge in [-0.2, -0.15) is 17.5 Å². The summed E-state index contributed by atoms with van der Waals surface area (Å²) in [5, 5.41) is 0. The van der Waals surface area contributed by atoms with Gasteiger partial charge in [-0.3, -0.25) is 4.79 Å². The van der Waals surface area contributed by atoms with Crippen LogP contribution in [0.25, 0.3) is 0 Å². The number of nitrogens with zero attached hydrogens (tertiary/aromatic N) is 1. The Kier molecular flexibility index (Phi) is 6.41. The number of carbonyl (C=O) groups excluding carboxylic acids is 1. The molecule has 0 bridgehead atoms. The third kappa shape index (κ3) is 6.62. The predicted octanol–water partition coefficient (Wildman–Crippen LogP) is 0.923. The molecule has 21 heavy (non-hydrogen) atoms. The Morgan fingerprint density at radius 2 is 2.10 bits per heavy atom. The van der Waals surface area contributed by atoms with Crippen LogP contribution in [0.1, 0.15) is 19.3 Å². The van der Waals surface area contributed by atoms with E-state index in [1.54, 1.807) is 0 Å². The van der Waals surface area contributed by atoms with Crippen LogP contribution in [0.2, 0.25) is 0 Å². The Morgan fingerprint density at radius 3 is 2.67 bits per heavy atom. The fraction of sp³-hybridized carbons (Fsp3) is 0.909. The number of ether oxygens (including phenoxy) is 2. The van der Waals surface area contributed by atoms with Crippen molar-refractivity contribution >= 4 is 16.0 Å². The van der Waals surface area contributed by atoms with Crippen molar-refractivity contribution in [1.29, 1.82) is 0 Å². The molecule has 1 unspecified atom stereocenters. The van der Waals surface area contributed by atoms with Crippen LogP contribution in [0, 0.1) is 0 Å². The minimum absolute atomic E-state index is 0.0521. The summed E-state index contributed by atoms with van der Waals surface area (Å²) in [6, 6.07) is 0. The minimum atomic E-state index is -4.37. The molecule has 0 aliphatic carbocycles. The smallest absolute Gasteiger partial charge is 0.389 e. The van der Waals surface area contributed by atoms with E-state index >= 15 is 0 Å². The Bertz CT molecular complexity index is 451. The molecule has 1 aliphatic rings. The Labute approximate surface area is 121 Å². The molecule has 1 atom stereocenters. The molecule has 0 saturated carbocycles. The molecule has 1 heterocycles. The first-order valence-electron chi connectivity index (χ1n) is 6.37. The number of halogens is 3. The molecule has 1 aliphatic heterocycles. The SMILES string of the molecule is COC(=O)CC1CN(S(=O)(=O)CCCC(F)(F)F)CCO1. The number of methoxy groups -OCH3 is 1. The second-order valence-electron chi connectivity index (χ2n) is 4.67. The molecule has 10 heteroatoms. The molecule has 0 amide bonds. The van der Waals surface area contributed by atoms with Gasteiger partial charge in [-0.05, 0) is 6.42 Å². The first kappa shape index (κ1) is 18.2. The van der Waals surface area contributed by atoms with E-state index in [-0.39, 0.29) is 26.1 Å². The topological polar surface area (TPSA) is 72.9 Å². The summed E-state index contributed by atoms with van der Waals surface area (Å²) in [4.78, 5) is 11.1. The minimum Gasteiger partial charge on any atom is -0.469 e. The second-order valence-corrected chi connectivity index (χ2v) is 6.75. The van der Waals surface area contributed by atoms with Gasteiger partial charge >= 0.3 is 12.1 Å². The van der Waals surface area contributed by atoms with Gasteiger partial charge in [0.1, 0.15) is 0 Å². The molecule has 0 aromatic heterocycles. The molecule has 0 radical (unpaired) electrons. The van der Waals surface area contributed by atoms with Crippen molar-refractivity contribution in [2.75, 3.05) is 32.6 Å². The van der Waals surface area contributed by atoms with Crippen LogP contribution in [0.3, 0.4) is 0 Å². The molecule has 1 rings (SSSR count). The third-order valence-corrected chi connectivity index (χ3v) is 4.90. The Morgan fingerprint density at radius 1 is 1.43 bits per heavy atom. The lowest BCUT2D eigenvalue weighted by molar-refractivity contribution is -0.145. The fourth-order valence-electron chi connectivity index (χ4n) is 1.92. The maximum Gasteiger partial charge on any atom is 0.389 e. The predicted molar refractivity (Wildman–Crippen MR) is 67.0 cm³/mol. The number of morpholine rings is 1. The van der Waals surface area contributed by atoms with Gasteiger partial charge in [0.25, 0.3) is 0 Å². The van der Waals surface area contributed by atoms with Crippen molar-refractivity contribution < 1.29 is 35.9 Å². The maximum atomic E-state index is 12.0. The van der Waals surface area contributed by atoms with E-state index in [1.807, 2.05) is 0 Å². The van der Waals surface area contributed by atoms with Crippen molar-refractivity contribution in [3.8, 4) is 0 Å². The summed E-state index contributed by atoms with van der Waals surface area (Å²) in [7, 11) is -2.57. The van der Waals surface area contributed by atoms with E-state index in [2.05, 4.69) is 4.74 Å². The number of alkyl halides is 3. The van der Waals surface area contributed by atoms with Crippen molar-refractivity contribution in [3.05, 3.63) is 0 Å². The van der Waals surface area contributed by atoms with Gasteiger partial charge in [0, 0.05) is 19.5 Å². The highest BCUT2D eigenvalue weighted by Gasteiger charge is 2.32. The lowest BCUT2D eigenvalue weighted by atomic mass is 10.2. The summed E-state index contributed by atoms with van der Waals surface area (Å²) in [5.74, 6) is -1.10. The van der Waals surface area contributed by atoms with E-state index in [0.717, 1.165) is 4.31 Å². The lowest BCUT2D eigenvalue weighted by Gasteiger charge is -2.31. The zero-order valence-corrected chi connectivity index (χ0v) is 12.4. The van der Waals surface area contributed by atoms with Crippen LogP contribution in [0.5, 0.6) is 0 Å². The lowest BCUT2D eigenvalue weighted by Crippen LogP contribution is -2.47. The highest BCUT2D eigenvalue weighted by atomic mass is 32.2. The van der Waals surface area contributed by atoms with Gasteiger partial charge in [-0.25, -0.2) is 8.42 Å². The van der Waals surface area contributed by atoms with Gasteiger partial charge in [-0.15, -0.1) is 0 Å². The number of rotatable bonds is 6. The fourth-order valence-corrected chi connectivity index (χ4v) is 3.44. The van der Waals surface area contributed by atoms with Gasteiger partial charge in [-0.1, -0.05) is 0 Å². The molecule has 0 N–H and O–H groups in total. The van der Waals surface area contributed by atoms with E-state index in [9.17, 15) is 26.4 Å². The molecule has 6 nitrogen and oxygen atoms in total. The zero-order valence-electron chi connectivity index (χ0n) is 11.6. The first-order chi connectivity index (χ1) is 9.64. The monoisotopic (exact) mass is 333 g/mol. The van der Waals surface area contributed by atoms with Crippen molar-refractivity contribution in [1.82, 2.24) is 4.31 Å². The maximum absolute atomic E-state index is 12.0. The summed E-state index contributed by atoms with van der Waals surface area (Å²) in [5.41, 5.74) is 0. The van der Waals surface area contributed by atoms with Crippen LogP contribution >= 0.6 is 0 Å². The van der Waals surface area contributed by atoms with E-state index in [1.165, 1.54) is 7.11 Å². The van der Waals surface area contributed by atoms with Crippen molar-refractivity contribution in [2.45, 2.75) is 31.5 Å². The van der Waals surface area contributed by atoms with Gasteiger partial charge < -0.3 is 9.47 Å². The zero-order chi connectivity index (χ0) is 16.1. The number of hydrogen-bond donors (Lipinski definition) is 0. The second kappa shape index (κ2) is 7.41. The number of sulfonamides is 1. The molecular formula is C11H18F3NO5S. The van der Waals surface area contributed by atoms with Gasteiger partial charge in [0.15, 0.2) is 0 Å². The van der Waals surface area contributed by atoms with Gasteiger partial charge in [0.05, 0.1) is 32.0 Å². The number of hydrogen-bond acceptors (Lipinski definition) is 5. The summed E-state index contributed by atoms with van der Waals surface area (Å²) in [6.45, 7) is 0.121. The number of esters is 1. The summed E-state index contributed by atoms with van der Waals surface area (Å²) < 4.78 is 70.8. The molecule has 124 valence electrons. The van der Waals surface area contributed by atoms with Gasteiger partial charge in [0.2, 0.25) is 10.0 Å². The standard InChI is InChI=1S/C11H18F3NO5S/c1-19-10(16)7-9-8-15(4-5-20-9)21(17,18)6-2-3-11(12,13)14/h9H,2-8H2,1H3. The molecule has 0 aromatic carbocycles. The quantitative estimate of drug-likeness (QED) is 0.676. The Hall–Kier alpha value is -0.870. The normalized spacial score (nSPS) is 21.2. The van der Waals surface area contributed by atoms with Crippen molar-refractivity contribution in [3.63, 3.8) is 0 Å². The average molecular weight is 333 g/mol. The molecule has 0 spiro atoms. The van der Waals surface area contributed by atoms with Crippen LogP contribution in [-0.4, -0.2) is 63.5 Å². The highest BCUT2D eigenvalue weighted by molar-refractivity contribution is 7.89. The van der Waals surface area contributed by atoms with E-state index < -0.39 is 46.9 Å². The molecular weight excluding hydrogens is 315 g/mol. The summed E-state index contributed by atoms with van der Waals surface area (Å²) >= 11 is 0. The number of carbonyl (C=O) groups is 1. The van der Waals surface area contributed by atoms with Crippen molar-refractivity contribution in [2.24, 2.45) is 0 Å². The average Bonchev–Trinajstić information content (AvgIpc) is 2.37. The van der Waals surface area contributed by atoms with Crippen LogP contribution < -0.4 is 0 Å². The molecule has 1 fully saturated rings. The Balaban J connectivity index is 2.52.